The zero-order chi connectivity index (χ0) is 47.7. The molecule has 0 bridgehead atoms. The zero-order valence-corrected chi connectivity index (χ0v) is 39.4. The molecule has 0 radical (unpaired) electrons. The Morgan fingerprint density at radius 1 is 0.631 bits per heavy atom. The summed E-state index contributed by atoms with van der Waals surface area (Å²) in [5, 5.41) is 121. The van der Waals surface area contributed by atoms with Crippen LogP contribution in [0, 0.1) is 44.3 Å². The fraction of sp³-hybridized carbons (Fsp3) is 0.917. The predicted molar refractivity (Wildman–Crippen MR) is 230 cm³/mol. The molecule has 17 nitrogen and oxygen atoms in total. The average molecular weight is 927 g/mol. The maximum absolute atomic E-state index is 12.1. The Balaban J connectivity index is 1.06. The first-order valence-electron chi connectivity index (χ1n) is 23.9. The summed E-state index contributed by atoms with van der Waals surface area (Å²) >= 11 is 0. The molecule has 0 spiro atoms. The predicted octanol–water partition coefficient (Wildman–Crippen LogP) is 0.531. The van der Waals surface area contributed by atoms with Crippen LogP contribution in [-0.4, -0.2) is 180 Å². The molecule has 0 unspecified atom stereocenters. The minimum absolute atomic E-state index is 0.124. The third-order valence-electron chi connectivity index (χ3n) is 19.0. The fourth-order valence-corrected chi connectivity index (χ4v) is 14.4. The average Bonchev–Trinajstić information content (AvgIpc) is 3.24. The van der Waals surface area contributed by atoms with Crippen molar-refractivity contribution in [1.29, 1.82) is 0 Å². The first kappa shape index (κ1) is 50.2. The van der Waals surface area contributed by atoms with Crippen LogP contribution in [0.1, 0.15) is 107 Å². The molecule has 65 heavy (non-hydrogen) atoms. The van der Waals surface area contributed by atoms with Gasteiger partial charge in [-0.05, 0) is 97.9 Å². The fourth-order valence-electron chi connectivity index (χ4n) is 14.4. The number of rotatable bonds is 8. The maximum Gasteiger partial charge on any atom is 0.187 e. The monoisotopic (exact) mass is 927 g/mol. The molecule has 11 N–H and O–H groups in total. The van der Waals surface area contributed by atoms with Crippen LogP contribution >= 0.6 is 0 Å². The molecular formula is C48H78O17. The standard InChI is InChI=1S/C48H78O17/c1-21-31(53)34(56)37(59)40(60-21)64-39-36(58)33(55)25(19-49)62-42(39)65-38-35(57)32(54)22(2)61-41(38)63-30-13-14-45(7)26(44(30,5)6)12-15-46(8)27(45)11-10-23-24-16-43(3,4)28(51)18-48(24,20-50)29(52)17-47(23,46)9/h10-11,21-22,25-42,49-59H,12-20H2,1-9H3/t21-,22+,25+,26-,27+,28-,29+,30-,31-,32-,33+,34+,35-,36-,37+,38+,39+,40-,41-,42-,45-,46+,47+,48+/m0/s1. The lowest BCUT2D eigenvalue weighted by Gasteiger charge is -2.70. The number of ether oxygens (including phenoxy) is 6. The molecule has 5 aliphatic carbocycles. The summed E-state index contributed by atoms with van der Waals surface area (Å²) < 4.78 is 37.0. The minimum Gasteiger partial charge on any atom is -0.395 e. The number of aliphatic hydroxyl groups excluding tert-OH is 11. The van der Waals surface area contributed by atoms with E-state index in [0.29, 0.717) is 25.7 Å². The third-order valence-corrected chi connectivity index (χ3v) is 19.0. The highest BCUT2D eigenvalue weighted by Gasteiger charge is 2.69. The van der Waals surface area contributed by atoms with E-state index >= 15 is 0 Å². The van der Waals surface area contributed by atoms with Crippen molar-refractivity contribution in [2.24, 2.45) is 44.3 Å². The molecule has 8 aliphatic rings. The summed E-state index contributed by atoms with van der Waals surface area (Å²) in [4.78, 5) is 0. The molecule has 0 aromatic carbocycles. The minimum atomic E-state index is -1.81. The van der Waals surface area contributed by atoms with Crippen molar-refractivity contribution in [3.63, 3.8) is 0 Å². The lowest BCUT2D eigenvalue weighted by molar-refractivity contribution is -0.396. The second-order valence-corrected chi connectivity index (χ2v) is 23.3. The van der Waals surface area contributed by atoms with Crippen LogP contribution in [0.25, 0.3) is 0 Å². The van der Waals surface area contributed by atoms with Crippen LogP contribution < -0.4 is 0 Å². The Bertz CT molecular complexity index is 1810. The SMILES string of the molecule is C[C@@H]1O[C@@H](O[C@H]2[C@H](O[C@H]3[C@H](O[C@H]4CC[C@]5(C)[C@H]6C=CC7=C8CC(C)(C)[C@@H](O)C[C@]8(CO)[C@H](O)C[C@@]7(C)[C@]6(C)CC[C@H]5C4(C)C)O[C@H](C)[C@H](O)[C@@H]3O)O[C@H](CO)[C@@H](O)[C@@H]2O)[C@H](O)[C@H](O)[C@H]1O. The number of fused-ring (bicyclic) bond motifs is 6. The number of aliphatic hydroxyl groups is 11. The zero-order valence-electron chi connectivity index (χ0n) is 39.4. The van der Waals surface area contributed by atoms with Gasteiger partial charge in [0.2, 0.25) is 0 Å². The Kier molecular flexibility index (Phi) is 13.3. The Morgan fingerprint density at radius 2 is 1.22 bits per heavy atom. The van der Waals surface area contributed by atoms with E-state index in [4.69, 9.17) is 28.4 Å². The molecular weight excluding hydrogens is 849 g/mol. The highest BCUT2D eigenvalue weighted by Crippen LogP contribution is 2.74. The van der Waals surface area contributed by atoms with Crippen molar-refractivity contribution in [1.82, 2.24) is 0 Å². The van der Waals surface area contributed by atoms with Gasteiger partial charge in [-0.2, -0.15) is 0 Å². The Hall–Kier alpha value is -1.20. The summed E-state index contributed by atoms with van der Waals surface area (Å²) in [6.07, 6.45) is -15.3. The van der Waals surface area contributed by atoms with Crippen molar-refractivity contribution < 1.29 is 84.6 Å². The summed E-state index contributed by atoms with van der Waals surface area (Å²) in [6.45, 7) is 17.6. The van der Waals surface area contributed by atoms with Crippen LogP contribution in [0.15, 0.2) is 23.3 Å². The van der Waals surface area contributed by atoms with Crippen molar-refractivity contribution in [2.45, 2.75) is 218 Å². The molecule has 0 aromatic heterocycles. The molecule has 0 aromatic rings. The summed E-state index contributed by atoms with van der Waals surface area (Å²) in [7, 11) is 0. The molecule has 17 heteroatoms. The van der Waals surface area contributed by atoms with Gasteiger partial charge < -0.3 is 84.6 Å². The lowest BCUT2D eigenvalue weighted by atomic mass is 9.35. The largest absolute Gasteiger partial charge is 0.395 e. The smallest absolute Gasteiger partial charge is 0.187 e. The van der Waals surface area contributed by atoms with Crippen LogP contribution in [-0.2, 0) is 28.4 Å². The van der Waals surface area contributed by atoms with E-state index in [9.17, 15) is 56.2 Å². The maximum atomic E-state index is 12.1. The van der Waals surface area contributed by atoms with Crippen molar-refractivity contribution >= 4 is 0 Å². The van der Waals surface area contributed by atoms with Crippen molar-refractivity contribution in [3.8, 4) is 0 Å². The van der Waals surface area contributed by atoms with E-state index in [1.165, 1.54) is 12.5 Å². The molecule has 372 valence electrons. The van der Waals surface area contributed by atoms with E-state index in [0.717, 1.165) is 24.8 Å². The molecule has 24 atom stereocenters. The molecule has 3 saturated carbocycles. The highest BCUT2D eigenvalue weighted by molar-refractivity contribution is 5.47. The van der Waals surface area contributed by atoms with Crippen LogP contribution in [0.2, 0.25) is 0 Å². The van der Waals surface area contributed by atoms with Crippen LogP contribution in [0.4, 0.5) is 0 Å². The van der Waals surface area contributed by atoms with E-state index in [1.54, 1.807) is 6.92 Å². The molecule has 3 heterocycles. The topological polar surface area (TPSA) is 278 Å². The van der Waals surface area contributed by atoms with Gasteiger partial charge in [0.25, 0.3) is 0 Å². The molecule has 8 rings (SSSR count). The van der Waals surface area contributed by atoms with Gasteiger partial charge in [0.1, 0.15) is 61.0 Å². The number of hydrogen-bond donors (Lipinski definition) is 11. The normalized spacial score (nSPS) is 55.1. The first-order chi connectivity index (χ1) is 30.2. The third kappa shape index (κ3) is 7.60. The van der Waals surface area contributed by atoms with Crippen molar-refractivity contribution in [2.75, 3.05) is 13.2 Å². The van der Waals surface area contributed by atoms with E-state index in [2.05, 4.69) is 60.6 Å². The highest BCUT2D eigenvalue weighted by atomic mass is 16.8. The Morgan fingerprint density at radius 3 is 1.85 bits per heavy atom. The van der Waals surface area contributed by atoms with E-state index in [-0.39, 0.29) is 29.3 Å². The lowest BCUT2D eigenvalue weighted by Crippen LogP contribution is -2.67. The first-order valence-corrected chi connectivity index (χ1v) is 23.9. The second-order valence-electron chi connectivity index (χ2n) is 23.3. The van der Waals surface area contributed by atoms with Gasteiger partial charge in [0.15, 0.2) is 18.9 Å². The van der Waals surface area contributed by atoms with Gasteiger partial charge >= 0.3 is 0 Å². The Labute approximate surface area is 382 Å². The molecule has 3 saturated heterocycles. The summed E-state index contributed by atoms with van der Waals surface area (Å²) in [5.74, 6) is 0.262. The summed E-state index contributed by atoms with van der Waals surface area (Å²) in [5.41, 5.74) is -0.378. The van der Waals surface area contributed by atoms with Gasteiger partial charge in [-0.1, -0.05) is 66.2 Å². The number of allylic oxidation sites excluding steroid dienone is 3. The van der Waals surface area contributed by atoms with Gasteiger partial charge in [-0.25, -0.2) is 0 Å². The van der Waals surface area contributed by atoms with Crippen LogP contribution in [0.5, 0.6) is 0 Å². The van der Waals surface area contributed by atoms with E-state index < -0.39 is 139 Å². The van der Waals surface area contributed by atoms with E-state index in [1.807, 2.05) is 0 Å². The molecule has 6 fully saturated rings. The van der Waals surface area contributed by atoms with Gasteiger partial charge in [0, 0.05) is 10.8 Å². The quantitative estimate of drug-likeness (QED) is 0.148. The van der Waals surface area contributed by atoms with Gasteiger partial charge in [-0.15, -0.1) is 0 Å². The number of hydrogen-bond acceptors (Lipinski definition) is 17. The summed E-state index contributed by atoms with van der Waals surface area (Å²) in [6, 6.07) is 0. The molecule has 0 amide bonds. The second kappa shape index (κ2) is 17.3. The van der Waals surface area contributed by atoms with Crippen molar-refractivity contribution in [3.05, 3.63) is 23.3 Å². The molecule has 3 aliphatic heterocycles. The van der Waals surface area contributed by atoms with Gasteiger partial charge in [0.05, 0.1) is 43.7 Å². The van der Waals surface area contributed by atoms with Gasteiger partial charge in [-0.3, -0.25) is 0 Å². The van der Waals surface area contributed by atoms with Crippen LogP contribution in [0.3, 0.4) is 0 Å².